The maximum atomic E-state index is 6.03. The van der Waals surface area contributed by atoms with Crippen LogP contribution in [-0.2, 0) is 12.6 Å². The van der Waals surface area contributed by atoms with Crippen molar-refractivity contribution in [1.82, 2.24) is 19.9 Å². The van der Waals surface area contributed by atoms with Gasteiger partial charge in [-0.3, -0.25) is 4.68 Å². The first kappa shape index (κ1) is 10.8. The molecule has 2 N–H and O–H groups in total. The highest BCUT2D eigenvalue weighted by molar-refractivity contribution is 5.49. The highest BCUT2D eigenvalue weighted by Gasteiger charge is 2.25. The van der Waals surface area contributed by atoms with Crippen molar-refractivity contribution in [2.45, 2.75) is 25.8 Å². The fraction of sp³-hybridized carbons (Fsp3) is 0.500. The molecule has 0 aliphatic heterocycles. The second-order valence-corrected chi connectivity index (χ2v) is 4.10. The third-order valence-corrected chi connectivity index (χ3v) is 2.62. The normalized spacial score (nSPS) is 15.0. The minimum absolute atomic E-state index is 0.452. The Kier molecular flexibility index (Phi) is 2.51. The highest BCUT2D eigenvalue weighted by Crippen LogP contribution is 2.22. The third kappa shape index (κ3) is 1.83. The Morgan fingerprint density at radius 2 is 2.31 bits per heavy atom. The quantitative estimate of drug-likeness (QED) is 0.837. The van der Waals surface area contributed by atoms with Crippen LogP contribution in [0.3, 0.4) is 0 Å². The zero-order valence-electron chi connectivity index (χ0n) is 9.64. The number of hydrogen-bond acceptors (Lipinski definition) is 5. The molecule has 0 aliphatic rings. The second kappa shape index (κ2) is 3.71. The molecule has 6 nitrogen and oxygen atoms in total. The van der Waals surface area contributed by atoms with Crippen molar-refractivity contribution in [3.8, 4) is 11.5 Å². The molecule has 0 saturated heterocycles. The first-order chi connectivity index (χ1) is 7.53. The first-order valence-corrected chi connectivity index (χ1v) is 5.15. The minimum atomic E-state index is -0.552. The molecule has 0 fully saturated rings. The van der Waals surface area contributed by atoms with E-state index in [0.717, 1.165) is 12.0 Å². The Morgan fingerprint density at radius 1 is 1.56 bits per heavy atom. The zero-order chi connectivity index (χ0) is 11.8. The summed E-state index contributed by atoms with van der Waals surface area (Å²) in [6, 6.07) is 0. The number of hydrogen-bond donors (Lipinski definition) is 1. The molecule has 0 spiro atoms. The van der Waals surface area contributed by atoms with Gasteiger partial charge in [0.2, 0.25) is 0 Å². The van der Waals surface area contributed by atoms with Crippen molar-refractivity contribution in [2.24, 2.45) is 12.8 Å². The Morgan fingerprint density at radius 3 is 2.88 bits per heavy atom. The Labute approximate surface area is 93.4 Å². The van der Waals surface area contributed by atoms with Crippen molar-refractivity contribution in [1.29, 1.82) is 0 Å². The summed E-state index contributed by atoms with van der Waals surface area (Å²) < 4.78 is 6.84. The Hall–Kier alpha value is -1.69. The molecular formula is C10H15N5O. The molecule has 2 aromatic rings. The van der Waals surface area contributed by atoms with Crippen LogP contribution in [0.25, 0.3) is 11.5 Å². The van der Waals surface area contributed by atoms with E-state index in [1.165, 1.54) is 0 Å². The van der Waals surface area contributed by atoms with E-state index in [-0.39, 0.29) is 0 Å². The largest absolute Gasteiger partial charge is 0.334 e. The van der Waals surface area contributed by atoms with Gasteiger partial charge in [0, 0.05) is 13.2 Å². The summed E-state index contributed by atoms with van der Waals surface area (Å²) in [6.45, 7) is 3.87. The fourth-order valence-electron chi connectivity index (χ4n) is 1.26. The van der Waals surface area contributed by atoms with Gasteiger partial charge in [-0.1, -0.05) is 12.1 Å². The number of aryl methyl sites for hydroxylation is 1. The summed E-state index contributed by atoms with van der Waals surface area (Å²) in [5.41, 5.74) is 6.28. The maximum Gasteiger partial charge on any atom is 0.261 e. The predicted molar refractivity (Wildman–Crippen MR) is 58.3 cm³/mol. The van der Waals surface area contributed by atoms with Crippen LogP contribution >= 0.6 is 0 Å². The summed E-state index contributed by atoms with van der Waals surface area (Å²) in [5, 5.41) is 7.94. The van der Waals surface area contributed by atoms with Crippen LogP contribution in [0.1, 0.15) is 26.1 Å². The van der Waals surface area contributed by atoms with Crippen LogP contribution in [0.2, 0.25) is 0 Å². The molecule has 0 aliphatic carbocycles. The maximum absolute atomic E-state index is 6.03. The van der Waals surface area contributed by atoms with E-state index in [2.05, 4.69) is 15.2 Å². The summed E-state index contributed by atoms with van der Waals surface area (Å²) >= 11 is 0. The number of nitrogens with zero attached hydrogens (tertiary/aromatic N) is 4. The summed E-state index contributed by atoms with van der Waals surface area (Å²) in [7, 11) is 1.83. The molecule has 1 unspecified atom stereocenters. The summed E-state index contributed by atoms with van der Waals surface area (Å²) in [6.07, 6.45) is 4.24. The van der Waals surface area contributed by atoms with Gasteiger partial charge in [0.05, 0.1) is 17.3 Å². The lowest BCUT2D eigenvalue weighted by molar-refractivity contribution is 0.379. The van der Waals surface area contributed by atoms with E-state index in [1.807, 2.05) is 27.1 Å². The lowest BCUT2D eigenvalue weighted by Crippen LogP contribution is -2.33. The van der Waals surface area contributed by atoms with E-state index in [9.17, 15) is 0 Å². The fourth-order valence-corrected chi connectivity index (χ4v) is 1.26. The van der Waals surface area contributed by atoms with Gasteiger partial charge in [-0.2, -0.15) is 10.1 Å². The molecule has 1 atom stereocenters. The molecule has 0 amide bonds. The van der Waals surface area contributed by atoms with Crippen LogP contribution in [0.5, 0.6) is 0 Å². The van der Waals surface area contributed by atoms with E-state index < -0.39 is 5.54 Å². The van der Waals surface area contributed by atoms with Crippen molar-refractivity contribution in [3.05, 3.63) is 18.2 Å². The standard InChI is InChI=1S/C10H15N5O/c1-4-10(2,11)9-13-8(16-14-9)7-5-12-15(3)6-7/h5-6H,4,11H2,1-3H3. The molecule has 2 heterocycles. The molecular weight excluding hydrogens is 206 g/mol. The minimum Gasteiger partial charge on any atom is -0.334 e. The van der Waals surface area contributed by atoms with Crippen LogP contribution < -0.4 is 5.73 Å². The van der Waals surface area contributed by atoms with Gasteiger partial charge in [0.1, 0.15) is 0 Å². The summed E-state index contributed by atoms with van der Waals surface area (Å²) in [5.74, 6) is 0.974. The average molecular weight is 221 g/mol. The number of nitrogens with two attached hydrogens (primary N) is 1. The molecule has 16 heavy (non-hydrogen) atoms. The van der Waals surface area contributed by atoms with Crippen LogP contribution in [-0.4, -0.2) is 19.9 Å². The SMILES string of the molecule is CCC(C)(N)c1noc(-c2cnn(C)c2)n1. The van der Waals surface area contributed by atoms with Gasteiger partial charge in [-0.25, -0.2) is 0 Å². The van der Waals surface area contributed by atoms with Crippen LogP contribution in [0.4, 0.5) is 0 Å². The molecule has 0 bridgehead atoms. The van der Waals surface area contributed by atoms with Crippen LogP contribution in [0.15, 0.2) is 16.9 Å². The Bertz CT molecular complexity index is 485. The van der Waals surface area contributed by atoms with Gasteiger partial charge in [0.25, 0.3) is 5.89 Å². The predicted octanol–water partition coefficient (Wildman–Crippen LogP) is 1.05. The van der Waals surface area contributed by atoms with E-state index >= 15 is 0 Å². The lowest BCUT2D eigenvalue weighted by atomic mass is 10.0. The molecule has 0 saturated carbocycles. The number of aromatic nitrogens is 4. The van der Waals surface area contributed by atoms with Crippen molar-refractivity contribution >= 4 is 0 Å². The lowest BCUT2D eigenvalue weighted by Gasteiger charge is -2.16. The number of rotatable bonds is 3. The molecule has 6 heteroatoms. The molecule has 0 radical (unpaired) electrons. The van der Waals surface area contributed by atoms with Gasteiger partial charge in [-0.05, 0) is 13.3 Å². The monoisotopic (exact) mass is 221 g/mol. The van der Waals surface area contributed by atoms with E-state index in [0.29, 0.717) is 11.7 Å². The topological polar surface area (TPSA) is 82.8 Å². The van der Waals surface area contributed by atoms with Gasteiger partial charge >= 0.3 is 0 Å². The summed E-state index contributed by atoms with van der Waals surface area (Å²) in [4.78, 5) is 4.28. The van der Waals surface area contributed by atoms with Crippen molar-refractivity contribution in [2.75, 3.05) is 0 Å². The van der Waals surface area contributed by atoms with Crippen molar-refractivity contribution < 1.29 is 4.52 Å². The first-order valence-electron chi connectivity index (χ1n) is 5.15. The molecule has 2 aromatic heterocycles. The highest BCUT2D eigenvalue weighted by atomic mass is 16.5. The van der Waals surface area contributed by atoms with Crippen molar-refractivity contribution in [3.63, 3.8) is 0 Å². The van der Waals surface area contributed by atoms with Gasteiger partial charge < -0.3 is 10.3 Å². The Balaban J connectivity index is 2.33. The van der Waals surface area contributed by atoms with E-state index in [1.54, 1.807) is 10.9 Å². The average Bonchev–Trinajstić information content (AvgIpc) is 2.85. The van der Waals surface area contributed by atoms with E-state index in [4.69, 9.17) is 10.3 Å². The van der Waals surface area contributed by atoms with Gasteiger partial charge in [0.15, 0.2) is 5.82 Å². The van der Waals surface area contributed by atoms with Gasteiger partial charge in [-0.15, -0.1) is 0 Å². The molecule has 2 rings (SSSR count). The zero-order valence-corrected chi connectivity index (χ0v) is 9.64. The smallest absolute Gasteiger partial charge is 0.261 e. The second-order valence-electron chi connectivity index (χ2n) is 4.10. The third-order valence-electron chi connectivity index (χ3n) is 2.62. The molecule has 86 valence electrons. The molecule has 0 aromatic carbocycles. The van der Waals surface area contributed by atoms with Crippen LogP contribution in [0, 0.1) is 0 Å².